The van der Waals surface area contributed by atoms with Gasteiger partial charge >= 0.3 is 0 Å². The lowest BCUT2D eigenvalue weighted by Crippen LogP contribution is -2.16. The molecule has 1 unspecified atom stereocenters. The molecule has 3 heteroatoms. The van der Waals surface area contributed by atoms with E-state index in [0.29, 0.717) is 12.3 Å². The summed E-state index contributed by atoms with van der Waals surface area (Å²) in [5, 5.41) is 8.03. The first-order valence-electron chi connectivity index (χ1n) is 2.02. The SMILES string of the molecule is N#CC(N)CCCl. The summed E-state index contributed by atoms with van der Waals surface area (Å²) >= 11 is 5.24. The summed E-state index contributed by atoms with van der Waals surface area (Å²) in [4.78, 5) is 0. The standard InChI is InChI=1S/C4H7ClN2/c5-2-1-4(7)3-6/h4H,1-2,7H2. The Morgan fingerprint density at radius 3 is 2.57 bits per heavy atom. The molecule has 2 nitrogen and oxygen atoms in total. The maximum atomic E-state index is 8.03. The van der Waals surface area contributed by atoms with Crippen LogP contribution < -0.4 is 5.73 Å². The molecule has 0 saturated heterocycles. The number of hydrogen-bond acceptors (Lipinski definition) is 2. The molecule has 0 aromatic carbocycles. The number of halogens is 1. The first-order chi connectivity index (χ1) is 3.31. The minimum Gasteiger partial charge on any atom is -0.316 e. The van der Waals surface area contributed by atoms with Crippen molar-refractivity contribution < 1.29 is 0 Å². The summed E-state index contributed by atoms with van der Waals surface area (Å²) in [6.07, 6.45) is 0.581. The van der Waals surface area contributed by atoms with Crippen molar-refractivity contribution in [3.63, 3.8) is 0 Å². The van der Waals surface area contributed by atoms with E-state index in [9.17, 15) is 0 Å². The Bertz CT molecular complexity index is 76.2. The Balaban J connectivity index is 3.04. The smallest absolute Gasteiger partial charge is 0.0939 e. The Labute approximate surface area is 47.9 Å². The highest BCUT2D eigenvalue weighted by atomic mass is 35.5. The van der Waals surface area contributed by atoms with Gasteiger partial charge in [0, 0.05) is 5.88 Å². The lowest BCUT2D eigenvalue weighted by Gasteiger charge is -1.92. The molecule has 0 heterocycles. The second-order valence-electron chi connectivity index (χ2n) is 1.21. The third-order valence-corrected chi connectivity index (χ3v) is 0.804. The lowest BCUT2D eigenvalue weighted by atomic mass is 10.3. The van der Waals surface area contributed by atoms with Gasteiger partial charge in [0.15, 0.2) is 0 Å². The molecule has 0 saturated carbocycles. The van der Waals surface area contributed by atoms with Crippen molar-refractivity contribution in [3.8, 4) is 6.07 Å². The first-order valence-corrected chi connectivity index (χ1v) is 2.56. The quantitative estimate of drug-likeness (QED) is 0.536. The normalized spacial score (nSPS) is 12.7. The largest absolute Gasteiger partial charge is 0.316 e. The molecule has 0 aromatic heterocycles. The van der Waals surface area contributed by atoms with Crippen molar-refractivity contribution in [1.82, 2.24) is 0 Å². The van der Waals surface area contributed by atoms with Crippen molar-refractivity contribution in [2.75, 3.05) is 5.88 Å². The van der Waals surface area contributed by atoms with Crippen LogP contribution >= 0.6 is 11.6 Å². The molecule has 1 atom stereocenters. The highest BCUT2D eigenvalue weighted by molar-refractivity contribution is 6.17. The lowest BCUT2D eigenvalue weighted by molar-refractivity contribution is 0.800. The molecular formula is C4H7ClN2. The van der Waals surface area contributed by atoms with Crippen molar-refractivity contribution >= 4 is 11.6 Å². The molecule has 0 aliphatic rings. The van der Waals surface area contributed by atoms with Gasteiger partial charge in [-0.1, -0.05) is 0 Å². The Morgan fingerprint density at radius 2 is 2.43 bits per heavy atom. The average Bonchev–Trinajstić information content (AvgIpc) is 1.68. The van der Waals surface area contributed by atoms with E-state index in [1.807, 2.05) is 6.07 Å². The van der Waals surface area contributed by atoms with Crippen molar-refractivity contribution in [3.05, 3.63) is 0 Å². The summed E-state index contributed by atoms with van der Waals surface area (Å²) in [6, 6.07) is 1.48. The number of nitrogens with zero attached hydrogens (tertiary/aromatic N) is 1. The fourth-order valence-corrected chi connectivity index (χ4v) is 0.417. The van der Waals surface area contributed by atoms with Gasteiger partial charge in [0.25, 0.3) is 0 Å². The van der Waals surface area contributed by atoms with Crippen LogP contribution in [0.25, 0.3) is 0 Å². The van der Waals surface area contributed by atoms with E-state index in [4.69, 9.17) is 22.6 Å². The van der Waals surface area contributed by atoms with Gasteiger partial charge in [-0.2, -0.15) is 5.26 Å². The second kappa shape index (κ2) is 3.91. The average molecular weight is 119 g/mol. The molecule has 0 bridgehead atoms. The molecule has 0 radical (unpaired) electrons. The van der Waals surface area contributed by atoms with Gasteiger partial charge in [-0.15, -0.1) is 11.6 Å². The number of nitriles is 1. The van der Waals surface area contributed by atoms with Crippen LogP contribution in [0, 0.1) is 11.3 Å². The van der Waals surface area contributed by atoms with E-state index >= 15 is 0 Å². The van der Waals surface area contributed by atoms with Crippen LogP contribution in [-0.4, -0.2) is 11.9 Å². The molecule has 0 spiro atoms. The summed E-state index contributed by atoms with van der Waals surface area (Å²) < 4.78 is 0. The van der Waals surface area contributed by atoms with Gasteiger partial charge in [-0.3, -0.25) is 0 Å². The molecule has 0 amide bonds. The zero-order valence-electron chi connectivity index (χ0n) is 3.89. The molecule has 0 aliphatic heterocycles. The fourth-order valence-electron chi connectivity index (χ4n) is 0.182. The van der Waals surface area contributed by atoms with Crippen LogP contribution in [0.4, 0.5) is 0 Å². The number of alkyl halides is 1. The molecule has 0 rings (SSSR count). The van der Waals surface area contributed by atoms with Gasteiger partial charge < -0.3 is 5.73 Å². The molecule has 7 heavy (non-hydrogen) atoms. The zero-order valence-corrected chi connectivity index (χ0v) is 4.65. The molecular weight excluding hydrogens is 112 g/mol. The van der Waals surface area contributed by atoms with Crippen LogP contribution in [0.2, 0.25) is 0 Å². The monoisotopic (exact) mass is 118 g/mol. The molecule has 0 aromatic rings. The maximum Gasteiger partial charge on any atom is 0.0939 e. The topological polar surface area (TPSA) is 49.8 Å². The summed E-state index contributed by atoms with van der Waals surface area (Å²) in [5.74, 6) is 0.467. The maximum absolute atomic E-state index is 8.03. The summed E-state index contributed by atoms with van der Waals surface area (Å²) in [5.41, 5.74) is 5.14. The van der Waals surface area contributed by atoms with Gasteiger partial charge in [0.05, 0.1) is 12.1 Å². The highest BCUT2D eigenvalue weighted by Crippen LogP contribution is 1.86. The third-order valence-electron chi connectivity index (χ3n) is 0.586. The molecule has 0 aliphatic carbocycles. The molecule has 2 N–H and O–H groups in total. The Kier molecular flexibility index (Phi) is 3.77. The van der Waals surface area contributed by atoms with Gasteiger partial charge in [0.2, 0.25) is 0 Å². The van der Waals surface area contributed by atoms with Gasteiger partial charge in [0.1, 0.15) is 0 Å². The van der Waals surface area contributed by atoms with E-state index in [1.54, 1.807) is 0 Å². The van der Waals surface area contributed by atoms with Gasteiger partial charge in [-0.05, 0) is 6.42 Å². The Morgan fingerprint density at radius 1 is 1.86 bits per heavy atom. The van der Waals surface area contributed by atoms with E-state index in [2.05, 4.69) is 0 Å². The van der Waals surface area contributed by atoms with E-state index < -0.39 is 0 Å². The van der Waals surface area contributed by atoms with Crippen molar-refractivity contribution in [2.24, 2.45) is 5.73 Å². The number of nitrogens with two attached hydrogens (primary N) is 1. The zero-order chi connectivity index (χ0) is 5.70. The number of hydrogen-bond donors (Lipinski definition) is 1. The van der Waals surface area contributed by atoms with E-state index in [1.165, 1.54) is 0 Å². The predicted octanol–water partition coefficient (Wildman–Crippen LogP) is 0.466. The van der Waals surface area contributed by atoms with Crippen LogP contribution in [0.3, 0.4) is 0 Å². The Hall–Kier alpha value is -0.260. The summed E-state index contributed by atoms with van der Waals surface area (Å²) in [6.45, 7) is 0. The van der Waals surface area contributed by atoms with Crippen LogP contribution in [0.15, 0.2) is 0 Å². The number of rotatable bonds is 2. The van der Waals surface area contributed by atoms with Crippen LogP contribution in [0.1, 0.15) is 6.42 Å². The minimum atomic E-state index is -0.377. The predicted molar refractivity (Wildman–Crippen MR) is 28.9 cm³/mol. The molecule has 0 fully saturated rings. The first kappa shape index (κ1) is 6.74. The third kappa shape index (κ3) is 3.57. The summed E-state index contributed by atoms with van der Waals surface area (Å²) in [7, 11) is 0. The highest BCUT2D eigenvalue weighted by Gasteiger charge is 1.94. The second-order valence-corrected chi connectivity index (χ2v) is 1.59. The molecule has 40 valence electrons. The fraction of sp³-hybridized carbons (Fsp3) is 0.750. The minimum absolute atomic E-state index is 0.377. The van der Waals surface area contributed by atoms with Crippen LogP contribution in [0.5, 0.6) is 0 Å². The van der Waals surface area contributed by atoms with Crippen LogP contribution in [-0.2, 0) is 0 Å². The van der Waals surface area contributed by atoms with Crippen molar-refractivity contribution in [2.45, 2.75) is 12.5 Å². The van der Waals surface area contributed by atoms with Gasteiger partial charge in [-0.25, -0.2) is 0 Å². The van der Waals surface area contributed by atoms with E-state index in [0.717, 1.165) is 0 Å². The van der Waals surface area contributed by atoms with Crippen molar-refractivity contribution in [1.29, 1.82) is 5.26 Å². The van der Waals surface area contributed by atoms with E-state index in [-0.39, 0.29) is 6.04 Å².